The average Bonchev–Trinajstić information content (AvgIpc) is 2.47. The lowest BCUT2D eigenvalue weighted by atomic mass is 9.71. The van der Waals surface area contributed by atoms with Crippen molar-refractivity contribution in [2.45, 2.75) is 50.4 Å². The van der Waals surface area contributed by atoms with E-state index in [9.17, 15) is 18.3 Å². The molecule has 1 aliphatic carbocycles. The summed E-state index contributed by atoms with van der Waals surface area (Å²) in [5, 5.41) is 10.7. The van der Waals surface area contributed by atoms with E-state index in [-0.39, 0.29) is 5.92 Å². The van der Waals surface area contributed by atoms with E-state index < -0.39 is 17.3 Å². The van der Waals surface area contributed by atoms with Gasteiger partial charge in [-0.3, -0.25) is 4.90 Å². The Hall–Kier alpha value is -1.07. The minimum absolute atomic E-state index is 0.265. The first-order valence-corrected chi connectivity index (χ1v) is 7.98. The van der Waals surface area contributed by atoms with Gasteiger partial charge in [-0.25, -0.2) is 0 Å². The van der Waals surface area contributed by atoms with Crippen molar-refractivity contribution in [2.24, 2.45) is 5.92 Å². The number of piperidine rings is 1. The molecule has 5 heteroatoms. The maximum atomic E-state index is 12.8. The van der Waals surface area contributed by atoms with Crippen molar-refractivity contribution in [2.75, 3.05) is 13.1 Å². The quantitative estimate of drug-likeness (QED) is 0.897. The summed E-state index contributed by atoms with van der Waals surface area (Å²) in [4.78, 5) is 2.18. The van der Waals surface area contributed by atoms with Crippen LogP contribution in [0.25, 0.3) is 0 Å². The minimum Gasteiger partial charge on any atom is -0.390 e. The third-order valence-corrected chi connectivity index (χ3v) is 5.17. The second-order valence-electron chi connectivity index (χ2n) is 6.73. The van der Waals surface area contributed by atoms with Crippen LogP contribution in [-0.2, 0) is 12.7 Å². The van der Waals surface area contributed by atoms with Crippen molar-refractivity contribution < 1.29 is 18.3 Å². The third kappa shape index (κ3) is 3.30. The largest absolute Gasteiger partial charge is 0.416 e. The molecular weight excluding hydrogens is 291 g/mol. The Kier molecular flexibility index (Phi) is 4.21. The lowest BCUT2D eigenvalue weighted by Crippen LogP contribution is -2.52. The Morgan fingerprint density at radius 3 is 2.82 bits per heavy atom. The number of halogens is 3. The van der Waals surface area contributed by atoms with Gasteiger partial charge in [-0.2, -0.15) is 13.2 Å². The molecule has 2 nitrogen and oxygen atoms in total. The zero-order valence-electron chi connectivity index (χ0n) is 12.6. The number of hydrogen-bond acceptors (Lipinski definition) is 2. The highest BCUT2D eigenvalue weighted by Gasteiger charge is 2.42. The van der Waals surface area contributed by atoms with Crippen LogP contribution >= 0.6 is 0 Å². The molecule has 0 bridgehead atoms. The number of aliphatic hydroxyl groups is 1. The van der Waals surface area contributed by atoms with Gasteiger partial charge in [0.1, 0.15) is 0 Å². The molecule has 1 heterocycles. The van der Waals surface area contributed by atoms with Crippen LogP contribution in [0.2, 0.25) is 0 Å². The van der Waals surface area contributed by atoms with Crippen LogP contribution in [0.4, 0.5) is 13.2 Å². The van der Waals surface area contributed by atoms with Gasteiger partial charge in [0.15, 0.2) is 0 Å². The van der Waals surface area contributed by atoms with E-state index in [1.807, 2.05) is 0 Å². The number of nitrogens with zero attached hydrogens (tertiary/aromatic N) is 1. The number of benzene rings is 1. The molecule has 1 aliphatic heterocycles. The molecule has 0 amide bonds. The first-order chi connectivity index (χ1) is 10.4. The number of alkyl halides is 3. The second kappa shape index (κ2) is 5.85. The normalized spacial score (nSPS) is 30.1. The fourth-order valence-electron chi connectivity index (χ4n) is 3.89. The Morgan fingerprint density at radius 2 is 2.05 bits per heavy atom. The average molecular weight is 313 g/mol. The maximum Gasteiger partial charge on any atom is 0.416 e. The van der Waals surface area contributed by atoms with Crippen molar-refractivity contribution >= 4 is 0 Å². The summed E-state index contributed by atoms with van der Waals surface area (Å²) in [6.45, 7) is 2.06. The van der Waals surface area contributed by atoms with Crippen LogP contribution in [0.3, 0.4) is 0 Å². The van der Waals surface area contributed by atoms with Gasteiger partial charge in [0.2, 0.25) is 0 Å². The van der Waals surface area contributed by atoms with Gasteiger partial charge in [-0.15, -0.1) is 0 Å². The zero-order chi connectivity index (χ0) is 15.8. The zero-order valence-corrected chi connectivity index (χ0v) is 12.6. The predicted molar refractivity (Wildman–Crippen MR) is 78.2 cm³/mol. The van der Waals surface area contributed by atoms with Crippen LogP contribution in [0.15, 0.2) is 24.3 Å². The van der Waals surface area contributed by atoms with Gasteiger partial charge in [0.25, 0.3) is 0 Å². The lowest BCUT2D eigenvalue weighted by molar-refractivity contribution is -0.137. The lowest BCUT2D eigenvalue weighted by Gasteiger charge is -2.47. The highest BCUT2D eigenvalue weighted by Crippen LogP contribution is 2.40. The highest BCUT2D eigenvalue weighted by molar-refractivity contribution is 5.25. The number of fused-ring (bicyclic) bond motifs is 1. The summed E-state index contributed by atoms with van der Waals surface area (Å²) in [7, 11) is 0. The van der Waals surface area contributed by atoms with Gasteiger partial charge >= 0.3 is 6.18 Å². The Bertz CT molecular complexity index is 531. The SMILES string of the molecule is O[C@@]12CCCC[C@H]1CN(Cc1cccc(C(F)(F)F)c1)CC2. The number of hydrogen-bond donors (Lipinski definition) is 1. The standard InChI is InChI=1S/C17H22F3NO/c18-17(19,20)14-6-3-4-13(10-14)11-21-9-8-16(22)7-2-1-5-15(16)12-21/h3-4,6,10,15,22H,1-2,5,7-9,11-12H2/t15-,16+/m0/s1. The number of likely N-dealkylation sites (tertiary alicyclic amines) is 1. The Balaban J connectivity index is 1.67. The summed E-state index contributed by atoms with van der Waals surface area (Å²) in [5.41, 5.74) is -0.435. The van der Waals surface area contributed by atoms with Gasteiger partial charge in [-0.05, 0) is 30.9 Å². The fourth-order valence-corrected chi connectivity index (χ4v) is 3.89. The number of rotatable bonds is 2. The van der Waals surface area contributed by atoms with E-state index in [0.717, 1.165) is 51.3 Å². The van der Waals surface area contributed by atoms with Crippen molar-refractivity contribution in [3.8, 4) is 0 Å². The summed E-state index contributed by atoms with van der Waals surface area (Å²) >= 11 is 0. The molecule has 0 unspecified atom stereocenters. The summed E-state index contributed by atoms with van der Waals surface area (Å²) in [6, 6.07) is 5.57. The second-order valence-corrected chi connectivity index (χ2v) is 6.73. The molecule has 2 fully saturated rings. The minimum atomic E-state index is -4.29. The molecule has 3 rings (SSSR count). The molecule has 1 saturated carbocycles. The molecule has 0 radical (unpaired) electrons. The molecule has 2 aliphatic rings. The first-order valence-electron chi connectivity index (χ1n) is 7.98. The van der Waals surface area contributed by atoms with Gasteiger partial charge in [0.05, 0.1) is 11.2 Å². The van der Waals surface area contributed by atoms with Crippen LogP contribution in [0.5, 0.6) is 0 Å². The summed E-state index contributed by atoms with van der Waals surface area (Å²) in [6.07, 6.45) is 0.563. The van der Waals surface area contributed by atoms with Gasteiger partial charge in [0, 0.05) is 25.6 Å². The molecule has 0 aromatic heterocycles. The van der Waals surface area contributed by atoms with Crippen LogP contribution in [-0.4, -0.2) is 28.7 Å². The van der Waals surface area contributed by atoms with E-state index in [2.05, 4.69) is 4.90 Å². The Morgan fingerprint density at radius 1 is 1.23 bits per heavy atom. The summed E-state index contributed by atoms with van der Waals surface area (Å²) in [5.74, 6) is 0.265. The van der Waals surface area contributed by atoms with Crippen LogP contribution in [0, 0.1) is 5.92 Å². The highest BCUT2D eigenvalue weighted by atomic mass is 19.4. The molecule has 1 aromatic rings. The van der Waals surface area contributed by atoms with E-state index in [0.29, 0.717) is 12.1 Å². The van der Waals surface area contributed by atoms with Crippen molar-refractivity contribution in [1.29, 1.82) is 0 Å². The monoisotopic (exact) mass is 313 g/mol. The van der Waals surface area contributed by atoms with Crippen molar-refractivity contribution in [3.05, 3.63) is 35.4 Å². The van der Waals surface area contributed by atoms with Gasteiger partial charge in [-0.1, -0.05) is 31.0 Å². The fraction of sp³-hybridized carbons (Fsp3) is 0.647. The first kappa shape index (κ1) is 15.8. The van der Waals surface area contributed by atoms with Crippen LogP contribution < -0.4 is 0 Å². The molecule has 2 atom stereocenters. The third-order valence-electron chi connectivity index (χ3n) is 5.17. The molecule has 22 heavy (non-hydrogen) atoms. The van der Waals surface area contributed by atoms with Gasteiger partial charge < -0.3 is 5.11 Å². The smallest absolute Gasteiger partial charge is 0.390 e. The molecule has 0 spiro atoms. The van der Waals surface area contributed by atoms with E-state index in [4.69, 9.17) is 0 Å². The van der Waals surface area contributed by atoms with Crippen LogP contribution in [0.1, 0.15) is 43.2 Å². The summed E-state index contributed by atoms with van der Waals surface area (Å²) < 4.78 is 38.3. The Labute approximate surface area is 128 Å². The van der Waals surface area contributed by atoms with Crippen molar-refractivity contribution in [1.82, 2.24) is 4.90 Å². The molecule has 1 N–H and O–H groups in total. The van der Waals surface area contributed by atoms with E-state index >= 15 is 0 Å². The maximum absolute atomic E-state index is 12.8. The molecule has 1 aromatic carbocycles. The molecule has 122 valence electrons. The van der Waals surface area contributed by atoms with E-state index in [1.165, 1.54) is 12.1 Å². The van der Waals surface area contributed by atoms with E-state index in [1.54, 1.807) is 6.07 Å². The van der Waals surface area contributed by atoms with Crippen molar-refractivity contribution in [3.63, 3.8) is 0 Å². The molecular formula is C17H22F3NO. The topological polar surface area (TPSA) is 23.5 Å². The molecule has 1 saturated heterocycles. The predicted octanol–water partition coefficient (Wildman–Crippen LogP) is 3.83.